The third kappa shape index (κ3) is 2.33. The number of methoxy groups -OCH3 is 2. The number of hydrogen-bond donors (Lipinski definition) is 1. The van der Waals surface area contributed by atoms with E-state index in [1.807, 2.05) is 0 Å². The van der Waals surface area contributed by atoms with Crippen molar-refractivity contribution >= 4 is 5.97 Å². The Balaban J connectivity index is 2.29. The maximum absolute atomic E-state index is 10.9. The Hall–Kier alpha value is -1.95. The molecule has 1 aliphatic rings. The summed E-state index contributed by atoms with van der Waals surface area (Å²) in [7, 11) is 2.88. The molecule has 0 fully saturated rings. The number of carboxylic acids is 1. The number of aliphatic carboxylic acids is 1. The largest absolute Gasteiger partial charge is 0.496 e. The number of ether oxygens (including phenoxy) is 4. The van der Waals surface area contributed by atoms with Crippen molar-refractivity contribution in [1.29, 1.82) is 0 Å². The molecular weight excluding hydrogens is 240 g/mol. The molecule has 0 bridgehead atoms. The van der Waals surface area contributed by atoms with Gasteiger partial charge in [-0.1, -0.05) is 0 Å². The lowest BCUT2D eigenvalue weighted by atomic mass is 10.1. The second-order valence-electron chi connectivity index (χ2n) is 3.78. The Labute approximate surface area is 104 Å². The first-order valence-electron chi connectivity index (χ1n) is 5.37. The molecule has 1 heterocycles. The van der Waals surface area contributed by atoms with Gasteiger partial charge >= 0.3 is 5.97 Å². The standard InChI is InChI=1S/C12H14O6/c1-15-8-5-10-9(17-6-18-10)3-7(8)4-11(16-2)12(13)14/h3,5,11H,4,6H2,1-2H3,(H,13,14). The first kappa shape index (κ1) is 12.5. The minimum absolute atomic E-state index is 0.161. The lowest BCUT2D eigenvalue weighted by molar-refractivity contribution is -0.148. The summed E-state index contributed by atoms with van der Waals surface area (Å²) in [4.78, 5) is 10.9. The molecule has 0 saturated carbocycles. The fourth-order valence-electron chi connectivity index (χ4n) is 1.79. The van der Waals surface area contributed by atoms with Gasteiger partial charge in [0.2, 0.25) is 6.79 Å². The quantitative estimate of drug-likeness (QED) is 0.847. The molecule has 6 heteroatoms. The highest BCUT2D eigenvalue weighted by Gasteiger charge is 2.23. The van der Waals surface area contributed by atoms with Gasteiger partial charge in [-0.15, -0.1) is 0 Å². The van der Waals surface area contributed by atoms with Crippen molar-refractivity contribution in [1.82, 2.24) is 0 Å². The van der Waals surface area contributed by atoms with Crippen LogP contribution in [0, 0.1) is 0 Å². The van der Waals surface area contributed by atoms with E-state index in [9.17, 15) is 4.79 Å². The fraction of sp³-hybridized carbons (Fsp3) is 0.417. The molecule has 1 unspecified atom stereocenters. The monoisotopic (exact) mass is 254 g/mol. The Morgan fingerprint density at radius 2 is 2.06 bits per heavy atom. The van der Waals surface area contributed by atoms with E-state index < -0.39 is 12.1 Å². The number of carboxylic acid groups (broad SMARTS) is 1. The number of hydrogen-bond acceptors (Lipinski definition) is 5. The zero-order valence-corrected chi connectivity index (χ0v) is 10.1. The molecule has 98 valence electrons. The highest BCUT2D eigenvalue weighted by molar-refractivity contribution is 5.73. The summed E-state index contributed by atoms with van der Waals surface area (Å²) in [6, 6.07) is 3.41. The van der Waals surface area contributed by atoms with Gasteiger partial charge in [0.15, 0.2) is 17.6 Å². The minimum Gasteiger partial charge on any atom is -0.496 e. The number of fused-ring (bicyclic) bond motifs is 1. The van der Waals surface area contributed by atoms with Gasteiger partial charge in [-0.05, 0) is 6.07 Å². The molecule has 0 amide bonds. The summed E-state index contributed by atoms with van der Waals surface area (Å²) in [5.74, 6) is 0.728. The van der Waals surface area contributed by atoms with Gasteiger partial charge in [0.25, 0.3) is 0 Å². The van der Waals surface area contributed by atoms with E-state index in [0.29, 0.717) is 22.8 Å². The van der Waals surface area contributed by atoms with Crippen molar-refractivity contribution in [2.75, 3.05) is 21.0 Å². The molecule has 0 radical (unpaired) electrons. The van der Waals surface area contributed by atoms with E-state index >= 15 is 0 Å². The Kier molecular flexibility index (Phi) is 3.57. The summed E-state index contributed by atoms with van der Waals surface area (Å²) < 4.78 is 20.6. The lowest BCUT2D eigenvalue weighted by Gasteiger charge is -2.14. The molecule has 2 rings (SSSR count). The second kappa shape index (κ2) is 5.14. The summed E-state index contributed by atoms with van der Waals surface area (Å²) in [6.45, 7) is 0.161. The van der Waals surface area contributed by atoms with Gasteiger partial charge in [0, 0.05) is 25.2 Å². The second-order valence-corrected chi connectivity index (χ2v) is 3.78. The van der Waals surface area contributed by atoms with Crippen LogP contribution in [0.15, 0.2) is 12.1 Å². The van der Waals surface area contributed by atoms with Crippen molar-refractivity contribution in [3.8, 4) is 17.2 Å². The molecule has 1 aromatic carbocycles. The van der Waals surface area contributed by atoms with Gasteiger partial charge in [-0.25, -0.2) is 4.79 Å². The molecule has 1 aliphatic heterocycles. The van der Waals surface area contributed by atoms with Crippen LogP contribution in [0.4, 0.5) is 0 Å². The molecule has 1 atom stereocenters. The van der Waals surface area contributed by atoms with Crippen LogP contribution in [-0.2, 0) is 16.0 Å². The maximum Gasteiger partial charge on any atom is 0.333 e. The first-order chi connectivity index (χ1) is 8.65. The average Bonchev–Trinajstić information content (AvgIpc) is 2.81. The Bertz CT molecular complexity index is 456. The number of benzene rings is 1. The topological polar surface area (TPSA) is 74.2 Å². The third-order valence-corrected chi connectivity index (χ3v) is 2.74. The van der Waals surface area contributed by atoms with E-state index in [0.717, 1.165) is 0 Å². The maximum atomic E-state index is 10.9. The van der Waals surface area contributed by atoms with Gasteiger partial charge < -0.3 is 24.1 Å². The highest BCUT2D eigenvalue weighted by atomic mass is 16.7. The van der Waals surface area contributed by atoms with Crippen LogP contribution in [0.25, 0.3) is 0 Å². The van der Waals surface area contributed by atoms with Crippen LogP contribution in [0.3, 0.4) is 0 Å². The SMILES string of the molecule is COc1cc2c(cc1CC(OC)C(=O)O)OCO2. The van der Waals surface area contributed by atoms with Gasteiger partial charge in [0.1, 0.15) is 5.75 Å². The van der Waals surface area contributed by atoms with E-state index in [4.69, 9.17) is 24.1 Å². The van der Waals surface area contributed by atoms with Crippen LogP contribution in [0.2, 0.25) is 0 Å². The summed E-state index contributed by atoms with van der Waals surface area (Å²) >= 11 is 0. The van der Waals surface area contributed by atoms with Crippen molar-refractivity contribution in [3.05, 3.63) is 17.7 Å². The van der Waals surface area contributed by atoms with Crippen LogP contribution in [-0.4, -0.2) is 38.2 Å². The molecule has 0 aliphatic carbocycles. The molecule has 6 nitrogen and oxygen atoms in total. The predicted molar refractivity (Wildman–Crippen MR) is 61.3 cm³/mol. The molecule has 0 aromatic heterocycles. The summed E-state index contributed by atoms with van der Waals surface area (Å²) in [6.07, 6.45) is -0.717. The molecule has 0 spiro atoms. The van der Waals surface area contributed by atoms with Gasteiger partial charge in [0.05, 0.1) is 7.11 Å². The van der Waals surface area contributed by atoms with Crippen molar-refractivity contribution in [2.24, 2.45) is 0 Å². The molecule has 0 saturated heterocycles. The fourth-order valence-corrected chi connectivity index (χ4v) is 1.79. The van der Waals surface area contributed by atoms with E-state index in [-0.39, 0.29) is 13.2 Å². The van der Waals surface area contributed by atoms with Crippen LogP contribution < -0.4 is 14.2 Å². The van der Waals surface area contributed by atoms with Crippen molar-refractivity contribution in [3.63, 3.8) is 0 Å². The normalized spacial score (nSPS) is 14.3. The van der Waals surface area contributed by atoms with Gasteiger partial charge in [-0.2, -0.15) is 0 Å². The average molecular weight is 254 g/mol. The van der Waals surface area contributed by atoms with Crippen molar-refractivity contribution in [2.45, 2.75) is 12.5 Å². The van der Waals surface area contributed by atoms with Crippen LogP contribution >= 0.6 is 0 Å². The predicted octanol–water partition coefficient (Wildman–Crippen LogP) is 1.07. The first-order valence-corrected chi connectivity index (χ1v) is 5.37. The Morgan fingerprint density at radius 3 is 2.61 bits per heavy atom. The number of rotatable bonds is 5. The summed E-state index contributed by atoms with van der Waals surface area (Å²) in [5, 5.41) is 8.97. The van der Waals surface area contributed by atoms with E-state index in [2.05, 4.69) is 0 Å². The molecule has 18 heavy (non-hydrogen) atoms. The Morgan fingerprint density at radius 1 is 1.39 bits per heavy atom. The number of carbonyl (C=O) groups is 1. The lowest BCUT2D eigenvalue weighted by Crippen LogP contribution is -2.25. The van der Waals surface area contributed by atoms with Gasteiger partial charge in [-0.3, -0.25) is 0 Å². The smallest absolute Gasteiger partial charge is 0.333 e. The minimum atomic E-state index is -1.02. The third-order valence-electron chi connectivity index (χ3n) is 2.74. The highest BCUT2D eigenvalue weighted by Crippen LogP contribution is 2.38. The van der Waals surface area contributed by atoms with E-state index in [1.54, 1.807) is 12.1 Å². The van der Waals surface area contributed by atoms with Crippen LogP contribution in [0.1, 0.15) is 5.56 Å². The molecule has 1 aromatic rings. The molecular formula is C12H14O6. The molecule has 1 N–H and O–H groups in total. The zero-order chi connectivity index (χ0) is 13.1. The summed E-state index contributed by atoms with van der Waals surface area (Å²) in [5.41, 5.74) is 0.705. The van der Waals surface area contributed by atoms with Crippen molar-refractivity contribution < 1.29 is 28.8 Å². The van der Waals surface area contributed by atoms with E-state index in [1.165, 1.54) is 14.2 Å². The zero-order valence-electron chi connectivity index (χ0n) is 10.1. The van der Waals surface area contributed by atoms with Crippen LogP contribution in [0.5, 0.6) is 17.2 Å².